The first kappa shape index (κ1) is 22.2. The van der Waals surface area contributed by atoms with E-state index in [1.54, 1.807) is 0 Å². The van der Waals surface area contributed by atoms with Crippen LogP contribution in [0, 0.1) is 5.92 Å². The quantitative estimate of drug-likeness (QED) is 0.353. The predicted molar refractivity (Wildman–Crippen MR) is 101 cm³/mol. The molecule has 0 saturated carbocycles. The molecule has 0 heterocycles. The van der Waals surface area contributed by atoms with Crippen molar-refractivity contribution < 1.29 is 44.2 Å². The number of rotatable bonds is 6. The van der Waals surface area contributed by atoms with Crippen molar-refractivity contribution in [2.45, 2.75) is 32.2 Å². The van der Waals surface area contributed by atoms with Crippen LogP contribution < -0.4 is 34.7 Å². The maximum Gasteiger partial charge on any atom is 1.00 e. The van der Waals surface area contributed by atoms with Gasteiger partial charge in [0.1, 0.15) is 0 Å². The van der Waals surface area contributed by atoms with Crippen molar-refractivity contribution in [2.75, 3.05) is 6.61 Å². The van der Waals surface area contributed by atoms with Gasteiger partial charge in [-0.15, -0.1) is 0 Å². The Kier molecular flexibility index (Phi) is 8.14. The minimum Gasteiger partial charge on any atom is 1.00 e. The molecule has 1 aliphatic rings. The van der Waals surface area contributed by atoms with Crippen molar-refractivity contribution in [3.05, 3.63) is 59.7 Å². The Labute approximate surface area is 190 Å². The van der Waals surface area contributed by atoms with Gasteiger partial charge < -0.3 is 0 Å². The van der Waals surface area contributed by atoms with Crippen LogP contribution in [-0.2, 0) is 9.53 Å². The molecule has 6 heteroatoms. The Hall–Kier alpha value is -1.10. The smallest absolute Gasteiger partial charge is 1.00 e. The molecule has 0 spiro atoms. The van der Waals surface area contributed by atoms with E-state index >= 15 is 0 Å². The topological polar surface area (TPSA) is 61.7 Å². The number of carbonyl (C=O) groups excluding carboxylic acids is 1. The van der Waals surface area contributed by atoms with Gasteiger partial charge in [-0.2, -0.15) is 0 Å². The molecule has 2 aromatic carbocycles. The Morgan fingerprint density at radius 2 is 1.67 bits per heavy atom. The molecule has 135 valence electrons. The monoisotopic (exact) mass is 438 g/mol. The third kappa shape index (κ3) is 4.85. The second-order valence-corrected chi connectivity index (χ2v) is 7.43. The Bertz CT molecular complexity index is 794. The molecule has 1 aliphatic carbocycles. The molecule has 0 amide bonds. The van der Waals surface area contributed by atoms with Gasteiger partial charge in [0.15, 0.2) is 0 Å². The average molecular weight is 437 g/mol. The molecule has 0 bridgehead atoms. The first-order valence-electron chi connectivity index (χ1n) is 8.79. The second kappa shape index (κ2) is 9.90. The third-order valence-corrected chi connectivity index (χ3v) is 5.51. The summed E-state index contributed by atoms with van der Waals surface area (Å²) in [6.45, 7) is 4.08. The van der Waals surface area contributed by atoms with E-state index in [0.29, 0.717) is 0 Å². The van der Waals surface area contributed by atoms with Gasteiger partial charge in [-0.3, -0.25) is 0 Å². The van der Waals surface area contributed by atoms with Crippen molar-refractivity contribution >= 4 is 26.8 Å². The van der Waals surface area contributed by atoms with E-state index in [4.69, 9.17) is 4.74 Å². The molecule has 27 heavy (non-hydrogen) atoms. The standard InChI is InChI=1S/C21H22NO3Se.Na/c1-3-13(2)19(20(23)26)22-21(24)25-12-18-16-10-6-4-8-14(16)15-9-5-7-11-17(15)18;/h4-11,13,18-19H,3,12H2,1-2H3,(H,22,24);/q;+1/p-1/t13-,19-;/m1./s1. The largest absolute Gasteiger partial charge is 1.00 e. The Morgan fingerprint density at radius 3 is 2.15 bits per heavy atom. The molecule has 0 fully saturated rings. The van der Waals surface area contributed by atoms with E-state index in [2.05, 4.69) is 45.3 Å². The summed E-state index contributed by atoms with van der Waals surface area (Å²) in [5.74, 6) is -0.0169. The fourth-order valence-corrected chi connectivity index (χ4v) is 3.98. The van der Waals surface area contributed by atoms with Gasteiger partial charge in [0, 0.05) is 0 Å². The molecule has 0 N–H and O–H groups in total. The summed E-state index contributed by atoms with van der Waals surface area (Å²) in [7, 11) is 0. The summed E-state index contributed by atoms with van der Waals surface area (Å²) in [6, 6.07) is 15.6. The molecule has 4 nitrogen and oxygen atoms in total. The van der Waals surface area contributed by atoms with Crippen molar-refractivity contribution in [2.24, 2.45) is 10.9 Å². The Balaban J connectivity index is 0.00000261. The molecule has 0 unspecified atom stereocenters. The van der Waals surface area contributed by atoms with Gasteiger partial charge in [-0.05, 0) is 0 Å². The first-order chi connectivity index (χ1) is 12.5. The van der Waals surface area contributed by atoms with Crippen LogP contribution in [0.2, 0.25) is 0 Å². The summed E-state index contributed by atoms with van der Waals surface area (Å²) in [5, 5.41) is 12.2. The van der Waals surface area contributed by atoms with Crippen LogP contribution in [0.15, 0.2) is 53.5 Å². The number of hydrogen-bond acceptors (Lipinski definition) is 4. The number of aliphatic imine (C=N–C) groups is 1. The molecular weight excluding hydrogens is 416 g/mol. The average Bonchev–Trinajstić information content (AvgIpc) is 2.97. The van der Waals surface area contributed by atoms with Gasteiger partial charge in [0.05, 0.1) is 0 Å². The van der Waals surface area contributed by atoms with E-state index in [-0.39, 0.29) is 52.7 Å². The fourth-order valence-electron chi connectivity index (χ4n) is 3.38. The summed E-state index contributed by atoms with van der Waals surface area (Å²) in [6.07, 6.45) is 0.0823. The SMILES string of the molecule is CC[C@@H](C)[C@@H](N=C([O-])OCC1c2ccccc2-c2ccccc21)C(=O)[Se].[Na+]. The van der Waals surface area contributed by atoms with E-state index in [1.165, 1.54) is 11.1 Å². The molecule has 2 aromatic rings. The van der Waals surface area contributed by atoms with Crippen LogP contribution in [0.5, 0.6) is 0 Å². The maximum absolute atomic E-state index is 12.2. The van der Waals surface area contributed by atoms with Crippen molar-refractivity contribution in [1.29, 1.82) is 0 Å². The van der Waals surface area contributed by atoms with Crippen LogP contribution in [0.3, 0.4) is 0 Å². The van der Waals surface area contributed by atoms with Crippen LogP contribution in [0.4, 0.5) is 0 Å². The van der Waals surface area contributed by atoms with Crippen LogP contribution >= 0.6 is 0 Å². The molecule has 0 saturated heterocycles. The number of carbonyl (C=O) groups is 1. The predicted octanol–water partition coefficient (Wildman–Crippen LogP) is -0.354. The fraction of sp³-hybridized carbons (Fsp3) is 0.333. The number of fused-ring (bicyclic) bond motifs is 3. The molecule has 1 radical (unpaired) electrons. The second-order valence-electron chi connectivity index (χ2n) is 6.58. The summed E-state index contributed by atoms with van der Waals surface area (Å²) in [5.41, 5.74) is 4.66. The van der Waals surface area contributed by atoms with Crippen LogP contribution in [-0.4, -0.2) is 39.4 Å². The van der Waals surface area contributed by atoms with E-state index in [0.717, 1.165) is 17.5 Å². The molecule has 0 aromatic heterocycles. The zero-order valence-electron chi connectivity index (χ0n) is 15.8. The van der Waals surface area contributed by atoms with Gasteiger partial charge in [0.2, 0.25) is 0 Å². The minimum absolute atomic E-state index is 0. The number of ether oxygens (including phenoxy) is 1. The summed E-state index contributed by atoms with van der Waals surface area (Å²) < 4.78 is 5.21. The third-order valence-electron chi connectivity index (χ3n) is 5.00. The van der Waals surface area contributed by atoms with Crippen molar-refractivity contribution in [1.82, 2.24) is 0 Å². The number of nitrogens with zero attached hydrogens (tertiary/aromatic N) is 1. The van der Waals surface area contributed by atoms with Gasteiger partial charge >= 0.3 is 192 Å². The molecule has 2 atom stereocenters. The number of benzene rings is 2. The van der Waals surface area contributed by atoms with Crippen molar-refractivity contribution in [3.63, 3.8) is 0 Å². The van der Waals surface area contributed by atoms with Gasteiger partial charge in [-0.1, -0.05) is 0 Å². The zero-order valence-corrected chi connectivity index (χ0v) is 19.6. The molecular formula is C21H21NNaO3Se. The summed E-state index contributed by atoms with van der Waals surface area (Å²) >= 11 is 2.44. The van der Waals surface area contributed by atoms with Crippen LogP contribution in [0.1, 0.15) is 37.3 Å². The van der Waals surface area contributed by atoms with E-state index in [1.807, 2.05) is 38.1 Å². The van der Waals surface area contributed by atoms with Gasteiger partial charge in [-0.25, -0.2) is 0 Å². The normalized spacial score (nSPS) is 15.3. The van der Waals surface area contributed by atoms with Crippen molar-refractivity contribution in [3.8, 4) is 11.1 Å². The van der Waals surface area contributed by atoms with Crippen LogP contribution in [0.25, 0.3) is 11.1 Å². The Morgan fingerprint density at radius 1 is 1.15 bits per heavy atom. The van der Waals surface area contributed by atoms with E-state index < -0.39 is 12.1 Å². The molecule has 3 rings (SSSR count). The van der Waals surface area contributed by atoms with E-state index in [9.17, 15) is 9.90 Å². The zero-order chi connectivity index (χ0) is 18.7. The first-order valence-corrected chi connectivity index (χ1v) is 9.65. The molecule has 0 aliphatic heterocycles. The summed E-state index contributed by atoms with van der Waals surface area (Å²) in [4.78, 5) is 15.7. The minimum atomic E-state index is -0.685. The number of hydrogen-bond donors (Lipinski definition) is 0. The maximum atomic E-state index is 12.2. The van der Waals surface area contributed by atoms with Gasteiger partial charge in [0.25, 0.3) is 0 Å².